The Kier molecular flexibility index (Phi) is 4.30. The predicted molar refractivity (Wildman–Crippen MR) is 129 cm³/mol. The Balaban J connectivity index is 1.38. The number of benzene rings is 1. The van der Waals surface area contributed by atoms with Crippen LogP contribution in [0.15, 0.2) is 30.3 Å². The molecule has 2 fully saturated rings. The number of aryl methyl sites for hydroxylation is 1. The molecular formula is C28H31NO2S. The number of phenols is 1. The molecule has 6 rings (SSSR count). The molecule has 0 aliphatic heterocycles. The zero-order chi connectivity index (χ0) is 22.3. The van der Waals surface area contributed by atoms with Crippen LogP contribution in [0.5, 0.6) is 5.75 Å². The van der Waals surface area contributed by atoms with Crippen LogP contribution in [0.25, 0.3) is 16.1 Å². The molecule has 4 aliphatic carbocycles. The highest BCUT2D eigenvalue weighted by Gasteiger charge is 2.63. The molecule has 166 valence electrons. The van der Waals surface area contributed by atoms with Gasteiger partial charge in [0, 0.05) is 11.0 Å². The summed E-state index contributed by atoms with van der Waals surface area (Å²) >= 11 is 1.81. The molecular weight excluding hydrogens is 414 g/mol. The lowest BCUT2D eigenvalue weighted by atomic mass is 9.47. The third kappa shape index (κ3) is 2.56. The second-order valence-corrected chi connectivity index (χ2v) is 12.0. The van der Waals surface area contributed by atoms with Crippen LogP contribution in [0.3, 0.4) is 0 Å². The van der Waals surface area contributed by atoms with E-state index in [0.29, 0.717) is 17.8 Å². The van der Waals surface area contributed by atoms with Gasteiger partial charge in [-0.25, -0.2) is 4.98 Å². The molecule has 6 atom stereocenters. The van der Waals surface area contributed by atoms with Crippen LogP contribution >= 0.6 is 11.3 Å². The summed E-state index contributed by atoms with van der Waals surface area (Å²) in [5.74, 6) is 4.84. The van der Waals surface area contributed by atoms with Crippen molar-refractivity contribution >= 4 is 16.9 Å². The van der Waals surface area contributed by atoms with Gasteiger partial charge in [-0.3, -0.25) is 0 Å². The summed E-state index contributed by atoms with van der Waals surface area (Å²) in [4.78, 5) is 6.39. The van der Waals surface area contributed by atoms with E-state index in [9.17, 15) is 10.2 Å². The molecule has 1 heterocycles. The summed E-state index contributed by atoms with van der Waals surface area (Å²) in [7, 11) is 0. The van der Waals surface area contributed by atoms with E-state index in [0.717, 1.165) is 55.5 Å². The van der Waals surface area contributed by atoms with Crippen molar-refractivity contribution in [3.05, 3.63) is 40.9 Å². The fraction of sp³-hybridized carbons (Fsp3) is 0.536. The summed E-state index contributed by atoms with van der Waals surface area (Å²) in [5.41, 5.74) is 2.91. The Labute approximate surface area is 194 Å². The number of aliphatic hydroxyl groups is 1. The van der Waals surface area contributed by atoms with E-state index >= 15 is 0 Å². The average molecular weight is 446 g/mol. The molecule has 0 unspecified atom stereocenters. The number of rotatable bonds is 1. The number of phenolic OH excluding ortho intramolecular Hbond substituents is 1. The lowest BCUT2D eigenvalue weighted by Gasteiger charge is -2.57. The minimum Gasteiger partial charge on any atom is -0.508 e. The van der Waals surface area contributed by atoms with Crippen LogP contribution in [0, 0.1) is 40.9 Å². The molecule has 2 aromatic rings. The Morgan fingerprint density at radius 3 is 2.59 bits per heavy atom. The fourth-order valence-electron chi connectivity index (χ4n) is 7.86. The highest BCUT2D eigenvalue weighted by atomic mass is 32.1. The number of aromatic hydroxyl groups is 1. The topological polar surface area (TPSA) is 53.4 Å². The van der Waals surface area contributed by atoms with Gasteiger partial charge in [0.2, 0.25) is 0 Å². The van der Waals surface area contributed by atoms with Gasteiger partial charge >= 0.3 is 0 Å². The van der Waals surface area contributed by atoms with E-state index in [1.54, 1.807) is 12.1 Å². The van der Waals surface area contributed by atoms with Crippen molar-refractivity contribution in [1.82, 2.24) is 4.98 Å². The van der Waals surface area contributed by atoms with Gasteiger partial charge < -0.3 is 10.2 Å². The molecule has 1 aromatic heterocycles. The van der Waals surface area contributed by atoms with E-state index < -0.39 is 5.60 Å². The molecule has 0 saturated heterocycles. The van der Waals surface area contributed by atoms with Crippen molar-refractivity contribution in [1.29, 1.82) is 0 Å². The van der Waals surface area contributed by atoms with Gasteiger partial charge in [0.15, 0.2) is 0 Å². The van der Waals surface area contributed by atoms with Crippen LogP contribution in [0.1, 0.15) is 62.9 Å². The Morgan fingerprint density at radius 2 is 1.84 bits per heavy atom. The summed E-state index contributed by atoms with van der Waals surface area (Å²) in [5, 5.41) is 21.9. The quantitative estimate of drug-likeness (QED) is 0.525. The predicted octanol–water partition coefficient (Wildman–Crippen LogP) is 6.06. The molecule has 0 radical (unpaired) electrons. The number of hydrogen-bond acceptors (Lipinski definition) is 4. The van der Waals surface area contributed by atoms with Crippen molar-refractivity contribution in [3.63, 3.8) is 0 Å². The van der Waals surface area contributed by atoms with Gasteiger partial charge in [0.1, 0.15) is 16.4 Å². The standard InChI is InChI=1S/C28H31NO2S/c1-4-28(31)16-12-21-19-9-10-22-24-23(29-25(32-24)17-5-7-18(30)8-6-17)13-14-26(22,2)20(19)11-15-27(21,28)3/h1,5-8,10,19-21,30-31H,9,11-16H2,2-3H3/t19-,20+,21+,26-,27+,28+/m1/s1. The van der Waals surface area contributed by atoms with Gasteiger partial charge in [-0.15, -0.1) is 17.8 Å². The number of nitrogens with zero attached hydrogens (tertiary/aromatic N) is 1. The highest BCUT2D eigenvalue weighted by molar-refractivity contribution is 7.16. The summed E-state index contributed by atoms with van der Waals surface area (Å²) < 4.78 is 0. The normalized spacial score (nSPS) is 39.8. The smallest absolute Gasteiger partial charge is 0.130 e. The second kappa shape index (κ2) is 6.72. The lowest BCUT2D eigenvalue weighted by molar-refractivity contribution is -0.0886. The van der Waals surface area contributed by atoms with Crippen molar-refractivity contribution in [2.24, 2.45) is 28.6 Å². The van der Waals surface area contributed by atoms with Crippen LogP contribution in [0.4, 0.5) is 0 Å². The highest BCUT2D eigenvalue weighted by Crippen LogP contribution is 2.68. The van der Waals surface area contributed by atoms with E-state index in [4.69, 9.17) is 11.4 Å². The number of fused-ring (bicyclic) bond motifs is 7. The zero-order valence-electron chi connectivity index (χ0n) is 18.9. The first kappa shape index (κ1) is 20.5. The van der Waals surface area contributed by atoms with Crippen molar-refractivity contribution in [3.8, 4) is 28.7 Å². The van der Waals surface area contributed by atoms with Gasteiger partial charge in [-0.1, -0.05) is 25.8 Å². The number of aromatic nitrogens is 1. The minimum atomic E-state index is -0.941. The molecule has 32 heavy (non-hydrogen) atoms. The molecule has 2 saturated carbocycles. The number of allylic oxidation sites excluding steroid dienone is 2. The van der Waals surface area contributed by atoms with Crippen LogP contribution < -0.4 is 0 Å². The molecule has 0 amide bonds. The van der Waals surface area contributed by atoms with Gasteiger partial charge in [0.25, 0.3) is 0 Å². The largest absolute Gasteiger partial charge is 0.508 e. The molecule has 3 nitrogen and oxygen atoms in total. The van der Waals surface area contributed by atoms with Gasteiger partial charge in [0.05, 0.1) is 10.6 Å². The first-order valence-corrected chi connectivity index (χ1v) is 12.8. The summed E-state index contributed by atoms with van der Waals surface area (Å²) in [6, 6.07) is 7.39. The number of terminal acetylenes is 1. The summed E-state index contributed by atoms with van der Waals surface area (Å²) in [6.45, 7) is 4.75. The first-order valence-electron chi connectivity index (χ1n) is 12.0. The van der Waals surface area contributed by atoms with Crippen LogP contribution in [-0.2, 0) is 6.42 Å². The van der Waals surface area contributed by atoms with Crippen molar-refractivity contribution in [2.75, 3.05) is 0 Å². The van der Waals surface area contributed by atoms with Crippen LogP contribution in [0.2, 0.25) is 0 Å². The lowest BCUT2D eigenvalue weighted by Crippen LogP contribution is -2.53. The first-order chi connectivity index (χ1) is 15.3. The monoisotopic (exact) mass is 445 g/mol. The maximum absolute atomic E-state index is 11.2. The third-order valence-corrected chi connectivity index (χ3v) is 11.0. The molecule has 0 spiro atoms. The fourth-order valence-corrected chi connectivity index (χ4v) is 9.15. The van der Waals surface area contributed by atoms with E-state index in [1.807, 2.05) is 23.5 Å². The average Bonchev–Trinajstić information content (AvgIpc) is 3.33. The second-order valence-electron chi connectivity index (χ2n) is 11.0. The molecule has 1 aromatic carbocycles. The zero-order valence-corrected chi connectivity index (χ0v) is 19.7. The Bertz CT molecular complexity index is 1160. The number of thiazole rings is 1. The van der Waals surface area contributed by atoms with E-state index in [2.05, 4.69) is 25.8 Å². The minimum absolute atomic E-state index is 0.152. The maximum Gasteiger partial charge on any atom is 0.130 e. The molecule has 0 bridgehead atoms. The molecule has 2 N–H and O–H groups in total. The van der Waals surface area contributed by atoms with E-state index in [1.165, 1.54) is 16.1 Å². The van der Waals surface area contributed by atoms with Crippen molar-refractivity contribution in [2.45, 2.75) is 64.4 Å². The van der Waals surface area contributed by atoms with Crippen molar-refractivity contribution < 1.29 is 10.2 Å². The SMILES string of the molecule is C#C[C@]1(O)CC[C@H]2[C@@H]3CC=C4c5sc(-c6ccc(O)cc6)nc5CC[C@]4(C)[C@H]3CC[C@@]21C. The maximum atomic E-state index is 11.2. The van der Waals surface area contributed by atoms with Crippen LogP contribution in [-0.4, -0.2) is 20.8 Å². The number of hydrogen-bond donors (Lipinski definition) is 2. The summed E-state index contributed by atoms with van der Waals surface area (Å²) in [6.07, 6.45) is 15.6. The Morgan fingerprint density at radius 1 is 1.09 bits per heavy atom. The van der Waals surface area contributed by atoms with Gasteiger partial charge in [-0.05, 0) is 98.0 Å². The third-order valence-electron chi connectivity index (χ3n) is 9.79. The van der Waals surface area contributed by atoms with E-state index in [-0.39, 0.29) is 16.6 Å². The Hall–Kier alpha value is -2.09. The molecule has 4 aliphatic rings. The molecule has 4 heteroatoms. The van der Waals surface area contributed by atoms with Gasteiger partial charge in [-0.2, -0.15) is 0 Å².